The summed E-state index contributed by atoms with van der Waals surface area (Å²) in [4.78, 5) is 36.4. The molecule has 3 aromatic carbocycles. The van der Waals surface area contributed by atoms with E-state index in [0.717, 1.165) is 11.1 Å². The van der Waals surface area contributed by atoms with Crippen molar-refractivity contribution in [2.75, 3.05) is 13.4 Å². The van der Waals surface area contributed by atoms with Crippen LogP contribution in [-0.4, -0.2) is 37.3 Å². The molecule has 3 aromatic rings. The molecule has 0 bridgehead atoms. The molecule has 0 spiro atoms. The molecule has 1 aliphatic rings. The van der Waals surface area contributed by atoms with Gasteiger partial charge in [-0.3, -0.25) is 14.4 Å². The van der Waals surface area contributed by atoms with Gasteiger partial charge in [-0.15, -0.1) is 0 Å². The molecule has 10 nitrogen and oxygen atoms in total. The first-order chi connectivity index (χ1) is 18.0. The van der Waals surface area contributed by atoms with E-state index in [2.05, 4.69) is 21.2 Å². The molecule has 0 atom stereocenters. The fraction of sp³-hybridized carbons (Fsp3) is 0.154. The molecule has 11 heteroatoms. The monoisotopic (exact) mass is 522 g/mol. The zero-order valence-electron chi connectivity index (χ0n) is 19.5. The van der Waals surface area contributed by atoms with Gasteiger partial charge in [-0.25, -0.2) is 5.43 Å². The van der Waals surface area contributed by atoms with Crippen molar-refractivity contribution in [3.63, 3.8) is 0 Å². The molecule has 1 heterocycles. The van der Waals surface area contributed by atoms with Gasteiger partial charge in [0.25, 0.3) is 5.91 Å². The molecule has 0 radical (unpaired) electrons. The molecule has 3 N–H and O–H groups in total. The summed E-state index contributed by atoms with van der Waals surface area (Å²) in [7, 11) is 0. The first-order valence-electron chi connectivity index (χ1n) is 11.2. The first kappa shape index (κ1) is 25.5. The predicted octanol–water partition coefficient (Wildman–Crippen LogP) is 2.53. The zero-order chi connectivity index (χ0) is 26.0. The average Bonchev–Trinajstić information content (AvgIpc) is 3.38. The van der Waals surface area contributed by atoms with Gasteiger partial charge in [0.05, 0.1) is 6.21 Å². The van der Waals surface area contributed by atoms with Gasteiger partial charge in [0.1, 0.15) is 5.75 Å². The molecule has 0 aliphatic carbocycles. The molecule has 0 saturated carbocycles. The summed E-state index contributed by atoms with van der Waals surface area (Å²) in [5, 5.41) is 9.48. The van der Waals surface area contributed by atoms with Crippen molar-refractivity contribution in [3.8, 4) is 17.2 Å². The quantitative estimate of drug-likeness (QED) is 0.225. The van der Waals surface area contributed by atoms with Gasteiger partial charge in [0.15, 0.2) is 18.1 Å². The van der Waals surface area contributed by atoms with Crippen LogP contribution in [0, 0.1) is 0 Å². The fourth-order valence-corrected chi connectivity index (χ4v) is 3.45. The van der Waals surface area contributed by atoms with Crippen LogP contribution < -0.4 is 30.3 Å². The Morgan fingerprint density at radius 1 is 0.892 bits per heavy atom. The van der Waals surface area contributed by atoms with E-state index in [1.54, 1.807) is 36.4 Å². The molecular formula is C26H23ClN4O6. The standard InChI is InChI=1S/C26H23ClN4O6/c27-20-7-9-21(35-15-24(32)28-12-17-4-2-1-3-5-17)19(11-20)14-30-31-26(34)25(33)29-13-18-6-8-22-23(10-18)37-16-36-22/h1-11,14H,12-13,15-16H2,(H,28,32)(H,29,33)(H,31,34)/b30-14-. The largest absolute Gasteiger partial charge is 0.483 e. The summed E-state index contributed by atoms with van der Waals surface area (Å²) >= 11 is 6.06. The molecule has 0 fully saturated rings. The molecule has 0 aromatic heterocycles. The number of hydrogen-bond donors (Lipinski definition) is 3. The number of fused-ring (bicyclic) bond motifs is 1. The van der Waals surface area contributed by atoms with Crippen molar-refractivity contribution in [3.05, 3.63) is 88.4 Å². The molecular weight excluding hydrogens is 500 g/mol. The van der Waals surface area contributed by atoms with E-state index in [0.29, 0.717) is 34.4 Å². The lowest BCUT2D eigenvalue weighted by Gasteiger charge is -2.10. The van der Waals surface area contributed by atoms with E-state index in [9.17, 15) is 14.4 Å². The van der Waals surface area contributed by atoms with E-state index < -0.39 is 11.8 Å². The number of benzene rings is 3. The number of carbonyl (C=O) groups excluding carboxylic acids is 3. The number of halogens is 1. The Hall–Kier alpha value is -4.57. The van der Waals surface area contributed by atoms with Gasteiger partial charge in [-0.1, -0.05) is 48.0 Å². The van der Waals surface area contributed by atoms with Crippen LogP contribution in [-0.2, 0) is 27.5 Å². The van der Waals surface area contributed by atoms with Crippen LogP contribution >= 0.6 is 11.6 Å². The number of nitrogens with zero attached hydrogens (tertiary/aromatic N) is 1. The lowest BCUT2D eigenvalue weighted by Crippen LogP contribution is -2.37. The summed E-state index contributed by atoms with van der Waals surface area (Å²) in [5.74, 6) is -0.610. The number of nitrogens with one attached hydrogen (secondary N) is 3. The van der Waals surface area contributed by atoms with Crippen LogP contribution in [0.15, 0.2) is 71.8 Å². The van der Waals surface area contributed by atoms with Crippen molar-refractivity contribution in [2.24, 2.45) is 5.10 Å². The minimum Gasteiger partial charge on any atom is -0.483 e. The Morgan fingerprint density at radius 2 is 1.68 bits per heavy atom. The summed E-state index contributed by atoms with van der Waals surface area (Å²) in [6.45, 7) is 0.405. The number of amides is 3. The van der Waals surface area contributed by atoms with Crippen LogP contribution in [0.3, 0.4) is 0 Å². The van der Waals surface area contributed by atoms with Gasteiger partial charge in [0.2, 0.25) is 6.79 Å². The maximum atomic E-state index is 12.2. The lowest BCUT2D eigenvalue weighted by atomic mass is 10.2. The Bertz CT molecular complexity index is 1320. The Balaban J connectivity index is 1.25. The second-order valence-corrected chi connectivity index (χ2v) is 8.24. The molecule has 190 valence electrons. The molecule has 37 heavy (non-hydrogen) atoms. The van der Waals surface area contributed by atoms with Crippen molar-refractivity contribution < 1.29 is 28.6 Å². The van der Waals surface area contributed by atoms with Gasteiger partial charge >= 0.3 is 11.8 Å². The minimum absolute atomic E-state index is 0.116. The summed E-state index contributed by atoms with van der Waals surface area (Å²) in [6.07, 6.45) is 1.27. The number of rotatable bonds is 9. The molecule has 4 rings (SSSR count). The van der Waals surface area contributed by atoms with Crippen molar-refractivity contribution in [2.45, 2.75) is 13.1 Å². The van der Waals surface area contributed by atoms with Crippen LogP contribution in [0.2, 0.25) is 5.02 Å². The highest BCUT2D eigenvalue weighted by Crippen LogP contribution is 2.32. The highest BCUT2D eigenvalue weighted by Gasteiger charge is 2.16. The van der Waals surface area contributed by atoms with E-state index in [1.807, 2.05) is 30.3 Å². The molecule has 1 aliphatic heterocycles. The van der Waals surface area contributed by atoms with E-state index in [-0.39, 0.29) is 25.9 Å². The highest BCUT2D eigenvalue weighted by atomic mass is 35.5. The van der Waals surface area contributed by atoms with E-state index >= 15 is 0 Å². The third-order valence-corrected chi connectivity index (χ3v) is 5.36. The van der Waals surface area contributed by atoms with Crippen molar-refractivity contribution in [1.82, 2.24) is 16.1 Å². The lowest BCUT2D eigenvalue weighted by molar-refractivity contribution is -0.139. The predicted molar refractivity (Wildman–Crippen MR) is 135 cm³/mol. The number of hydrazone groups is 1. The van der Waals surface area contributed by atoms with Crippen LogP contribution in [0.4, 0.5) is 0 Å². The van der Waals surface area contributed by atoms with Gasteiger partial charge in [-0.2, -0.15) is 5.10 Å². The van der Waals surface area contributed by atoms with Crippen LogP contribution in [0.5, 0.6) is 17.2 Å². The first-order valence-corrected chi connectivity index (χ1v) is 11.6. The van der Waals surface area contributed by atoms with Gasteiger partial charge in [-0.05, 0) is 41.5 Å². The fourth-order valence-electron chi connectivity index (χ4n) is 3.27. The number of hydrogen-bond acceptors (Lipinski definition) is 7. The third-order valence-electron chi connectivity index (χ3n) is 5.13. The molecule has 3 amide bonds. The van der Waals surface area contributed by atoms with E-state index in [1.165, 1.54) is 6.21 Å². The average molecular weight is 523 g/mol. The Labute approximate surface area is 217 Å². The van der Waals surface area contributed by atoms with Crippen molar-refractivity contribution >= 4 is 35.5 Å². The van der Waals surface area contributed by atoms with Gasteiger partial charge < -0.3 is 24.8 Å². The highest BCUT2D eigenvalue weighted by molar-refractivity contribution is 6.35. The Morgan fingerprint density at radius 3 is 2.51 bits per heavy atom. The molecule has 0 saturated heterocycles. The second kappa shape index (κ2) is 12.4. The SMILES string of the molecule is O=C(COc1ccc(Cl)cc1/C=N\NC(=O)C(=O)NCc1ccc2c(c1)OCO2)NCc1ccccc1. The third kappa shape index (κ3) is 7.45. The maximum Gasteiger partial charge on any atom is 0.329 e. The van der Waals surface area contributed by atoms with Crippen LogP contribution in [0.25, 0.3) is 0 Å². The minimum atomic E-state index is -0.957. The van der Waals surface area contributed by atoms with Gasteiger partial charge in [0, 0.05) is 23.7 Å². The summed E-state index contributed by atoms with van der Waals surface area (Å²) in [5.41, 5.74) is 4.26. The Kier molecular flexibility index (Phi) is 8.56. The molecule has 0 unspecified atom stereocenters. The number of ether oxygens (including phenoxy) is 3. The number of carbonyl (C=O) groups is 3. The second-order valence-electron chi connectivity index (χ2n) is 7.80. The topological polar surface area (TPSA) is 127 Å². The maximum absolute atomic E-state index is 12.2. The normalized spacial score (nSPS) is 11.7. The van der Waals surface area contributed by atoms with Crippen LogP contribution in [0.1, 0.15) is 16.7 Å². The zero-order valence-corrected chi connectivity index (χ0v) is 20.3. The van der Waals surface area contributed by atoms with Crippen molar-refractivity contribution in [1.29, 1.82) is 0 Å². The smallest absolute Gasteiger partial charge is 0.329 e. The van der Waals surface area contributed by atoms with E-state index in [4.69, 9.17) is 25.8 Å². The summed E-state index contributed by atoms with van der Waals surface area (Å²) in [6, 6.07) is 19.4. The summed E-state index contributed by atoms with van der Waals surface area (Å²) < 4.78 is 16.1.